The maximum atomic E-state index is 13.3. The Morgan fingerprint density at radius 1 is 1.21 bits per heavy atom. The number of hydrogen-bond donors (Lipinski definition) is 2. The standard InChI is InChI=1S/C23H31N5O5/c1-2-27(18(29)15-26-10-6-9-17(14-26)22-32-11-12-33-22)19-20(24)28(23(31)25-21(19)30)13-16-7-4-3-5-8-16/h3-5,7-8,17,22H,2,6,9-15,24H2,1H3,(H,25,30,31). The molecule has 1 aromatic carbocycles. The summed E-state index contributed by atoms with van der Waals surface area (Å²) in [7, 11) is 0. The molecule has 10 heteroatoms. The second kappa shape index (κ2) is 10.3. The lowest BCUT2D eigenvalue weighted by Crippen LogP contribution is -2.48. The molecule has 1 amide bonds. The number of aromatic amines is 1. The van der Waals surface area contributed by atoms with Gasteiger partial charge in [0, 0.05) is 19.0 Å². The molecule has 0 spiro atoms. The van der Waals surface area contributed by atoms with Crippen LogP contribution in [0.4, 0.5) is 11.5 Å². The minimum absolute atomic E-state index is 0.00838. The number of nitrogens with one attached hydrogen (secondary N) is 1. The summed E-state index contributed by atoms with van der Waals surface area (Å²) >= 11 is 0. The minimum atomic E-state index is -0.665. The Labute approximate surface area is 191 Å². The highest BCUT2D eigenvalue weighted by atomic mass is 16.7. The highest BCUT2D eigenvalue weighted by Crippen LogP contribution is 2.25. The molecule has 0 radical (unpaired) electrons. The van der Waals surface area contributed by atoms with Crippen molar-refractivity contribution in [2.75, 3.05) is 50.0 Å². The molecule has 0 saturated carbocycles. The lowest BCUT2D eigenvalue weighted by Gasteiger charge is -2.35. The fraction of sp³-hybridized carbons (Fsp3) is 0.522. The SMILES string of the molecule is CCN(C(=O)CN1CCCC(C2OCCO2)C1)c1c(N)n(Cc2ccccc2)c(=O)[nH]c1=O. The number of anilines is 2. The van der Waals surface area contributed by atoms with Crippen LogP contribution in [0, 0.1) is 5.92 Å². The summed E-state index contributed by atoms with van der Waals surface area (Å²) in [4.78, 5) is 44.2. The number of likely N-dealkylation sites (N-methyl/N-ethyl adjacent to an activating group) is 1. The van der Waals surface area contributed by atoms with Gasteiger partial charge in [-0.25, -0.2) is 4.79 Å². The van der Waals surface area contributed by atoms with Crippen molar-refractivity contribution in [1.82, 2.24) is 14.5 Å². The summed E-state index contributed by atoms with van der Waals surface area (Å²) in [6.07, 6.45) is 1.72. The van der Waals surface area contributed by atoms with Gasteiger partial charge in [0.1, 0.15) is 5.82 Å². The van der Waals surface area contributed by atoms with E-state index in [0.717, 1.165) is 24.9 Å². The van der Waals surface area contributed by atoms with Crippen molar-refractivity contribution >= 4 is 17.4 Å². The van der Waals surface area contributed by atoms with Gasteiger partial charge in [0.15, 0.2) is 12.0 Å². The monoisotopic (exact) mass is 457 g/mol. The van der Waals surface area contributed by atoms with Crippen molar-refractivity contribution in [3.8, 4) is 0 Å². The van der Waals surface area contributed by atoms with Crippen molar-refractivity contribution in [3.63, 3.8) is 0 Å². The molecule has 1 aromatic heterocycles. The van der Waals surface area contributed by atoms with Crippen molar-refractivity contribution in [3.05, 3.63) is 56.7 Å². The number of aromatic nitrogens is 2. The van der Waals surface area contributed by atoms with Crippen LogP contribution in [0.1, 0.15) is 25.3 Å². The second-order valence-electron chi connectivity index (χ2n) is 8.45. The molecule has 0 bridgehead atoms. The van der Waals surface area contributed by atoms with E-state index in [1.54, 1.807) is 6.92 Å². The van der Waals surface area contributed by atoms with Crippen LogP contribution >= 0.6 is 0 Å². The van der Waals surface area contributed by atoms with Gasteiger partial charge < -0.3 is 20.1 Å². The largest absolute Gasteiger partial charge is 0.383 e. The van der Waals surface area contributed by atoms with E-state index in [1.807, 2.05) is 30.3 Å². The van der Waals surface area contributed by atoms with E-state index < -0.39 is 11.2 Å². The van der Waals surface area contributed by atoms with Gasteiger partial charge in [-0.3, -0.25) is 24.0 Å². The van der Waals surface area contributed by atoms with Gasteiger partial charge in [-0.15, -0.1) is 0 Å². The number of nitrogen functional groups attached to an aromatic ring is 1. The van der Waals surface area contributed by atoms with Gasteiger partial charge >= 0.3 is 5.69 Å². The van der Waals surface area contributed by atoms with Crippen molar-refractivity contribution in [2.45, 2.75) is 32.6 Å². The van der Waals surface area contributed by atoms with Crippen LogP contribution in [-0.4, -0.2) is 66.0 Å². The van der Waals surface area contributed by atoms with Crippen LogP contribution in [0.15, 0.2) is 39.9 Å². The maximum Gasteiger partial charge on any atom is 0.330 e. The lowest BCUT2D eigenvalue weighted by atomic mass is 9.97. The lowest BCUT2D eigenvalue weighted by molar-refractivity contribution is -0.123. The zero-order valence-corrected chi connectivity index (χ0v) is 18.9. The first-order chi connectivity index (χ1) is 16.0. The Morgan fingerprint density at radius 3 is 2.64 bits per heavy atom. The van der Waals surface area contributed by atoms with Crippen LogP contribution in [0.2, 0.25) is 0 Å². The van der Waals surface area contributed by atoms with E-state index in [1.165, 1.54) is 9.47 Å². The number of piperidine rings is 1. The van der Waals surface area contributed by atoms with E-state index in [2.05, 4.69) is 9.88 Å². The Kier molecular flexibility index (Phi) is 7.26. The minimum Gasteiger partial charge on any atom is -0.383 e. The number of H-pyrrole nitrogens is 1. The number of amides is 1. The van der Waals surface area contributed by atoms with Gasteiger partial charge in [0.2, 0.25) is 5.91 Å². The average Bonchev–Trinajstić information content (AvgIpc) is 3.35. The van der Waals surface area contributed by atoms with Gasteiger partial charge in [-0.1, -0.05) is 30.3 Å². The number of nitrogens with two attached hydrogens (primary N) is 1. The van der Waals surface area contributed by atoms with Gasteiger partial charge in [0.05, 0.1) is 26.3 Å². The molecule has 2 aromatic rings. The predicted octanol–water partition coefficient (Wildman–Crippen LogP) is 0.605. The number of benzene rings is 1. The van der Waals surface area contributed by atoms with Crippen molar-refractivity contribution in [1.29, 1.82) is 0 Å². The Hall–Kier alpha value is -2.95. The van der Waals surface area contributed by atoms with Gasteiger partial charge in [-0.05, 0) is 31.9 Å². The molecule has 2 fully saturated rings. The first-order valence-corrected chi connectivity index (χ1v) is 11.4. The molecule has 178 valence electrons. The van der Waals surface area contributed by atoms with E-state index in [-0.39, 0.29) is 49.3 Å². The molecule has 33 heavy (non-hydrogen) atoms. The third-order valence-corrected chi connectivity index (χ3v) is 6.22. The summed E-state index contributed by atoms with van der Waals surface area (Å²) in [6, 6.07) is 9.33. The molecule has 2 aliphatic rings. The number of carbonyl (C=O) groups excluding carboxylic acids is 1. The molecule has 3 heterocycles. The fourth-order valence-electron chi connectivity index (χ4n) is 4.60. The average molecular weight is 458 g/mol. The van der Waals surface area contributed by atoms with E-state index in [0.29, 0.717) is 19.8 Å². The molecule has 3 N–H and O–H groups in total. The first-order valence-electron chi connectivity index (χ1n) is 11.4. The highest BCUT2D eigenvalue weighted by molar-refractivity contribution is 5.96. The zero-order chi connectivity index (χ0) is 23.4. The molecule has 1 atom stereocenters. The number of nitrogens with zero attached hydrogens (tertiary/aromatic N) is 3. The predicted molar refractivity (Wildman–Crippen MR) is 124 cm³/mol. The normalized spacial score (nSPS) is 19.6. The third kappa shape index (κ3) is 5.18. The summed E-state index contributed by atoms with van der Waals surface area (Å²) in [5.41, 5.74) is 5.88. The van der Waals surface area contributed by atoms with E-state index >= 15 is 0 Å². The molecule has 2 saturated heterocycles. The Bertz CT molecular complexity index is 1080. The van der Waals surface area contributed by atoms with Crippen LogP contribution in [-0.2, 0) is 20.8 Å². The van der Waals surface area contributed by atoms with E-state index in [4.69, 9.17) is 15.2 Å². The van der Waals surface area contributed by atoms with Crippen LogP contribution in [0.25, 0.3) is 0 Å². The molecular weight excluding hydrogens is 426 g/mol. The van der Waals surface area contributed by atoms with Crippen LogP contribution in [0.3, 0.4) is 0 Å². The van der Waals surface area contributed by atoms with Crippen molar-refractivity contribution < 1.29 is 14.3 Å². The molecule has 2 aliphatic heterocycles. The van der Waals surface area contributed by atoms with Crippen LogP contribution in [0.5, 0.6) is 0 Å². The topological polar surface area (TPSA) is 123 Å². The summed E-state index contributed by atoms with van der Waals surface area (Å²) in [6.45, 7) is 5.04. The summed E-state index contributed by atoms with van der Waals surface area (Å²) in [5.74, 6) is -0.0500. The fourth-order valence-corrected chi connectivity index (χ4v) is 4.60. The smallest absolute Gasteiger partial charge is 0.330 e. The highest BCUT2D eigenvalue weighted by Gasteiger charge is 2.33. The summed E-state index contributed by atoms with van der Waals surface area (Å²) < 4.78 is 12.6. The number of carbonyl (C=O) groups is 1. The van der Waals surface area contributed by atoms with Crippen molar-refractivity contribution in [2.24, 2.45) is 5.92 Å². The second-order valence-corrected chi connectivity index (χ2v) is 8.45. The van der Waals surface area contributed by atoms with Gasteiger partial charge in [-0.2, -0.15) is 0 Å². The number of rotatable bonds is 7. The quantitative estimate of drug-likeness (QED) is 0.624. The Balaban J connectivity index is 1.54. The number of likely N-dealkylation sites (tertiary alicyclic amines) is 1. The van der Waals surface area contributed by atoms with E-state index in [9.17, 15) is 14.4 Å². The molecule has 4 rings (SSSR count). The van der Waals surface area contributed by atoms with Gasteiger partial charge in [0.25, 0.3) is 5.56 Å². The molecule has 1 unspecified atom stereocenters. The zero-order valence-electron chi connectivity index (χ0n) is 18.9. The number of ether oxygens (including phenoxy) is 2. The summed E-state index contributed by atoms with van der Waals surface area (Å²) in [5, 5.41) is 0. The van der Waals surface area contributed by atoms with Crippen LogP contribution < -0.4 is 21.9 Å². The Morgan fingerprint density at radius 2 is 1.94 bits per heavy atom. The third-order valence-electron chi connectivity index (χ3n) is 6.22. The number of hydrogen-bond acceptors (Lipinski definition) is 7. The molecule has 10 nitrogen and oxygen atoms in total. The maximum absolute atomic E-state index is 13.3. The molecule has 0 aliphatic carbocycles. The molecular formula is C23H31N5O5. The first kappa shape index (κ1) is 23.2.